The highest BCUT2D eigenvalue weighted by molar-refractivity contribution is 7.47. The van der Waals surface area contributed by atoms with Crippen molar-refractivity contribution in [2.24, 2.45) is 5.92 Å². The van der Waals surface area contributed by atoms with E-state index in [0.29, 0.717) is 25.7 Å². The molecule has 574 valence electrons. The third-order valence-electron chi connectivity index (χ3n) is 17.3. The number of carbonyl (C=O) groups excluding carboxylic acids is 4. The smallest absolute Gasteiger partial charge is 0.462 e. The van der Waals surface area contributed by atoms with Gasteiger partial charge in [0.2, 0.25) is 0 Å². The minimum atomic E-state index is -4.97. The number of rotatable bonds is 75. The minimum Gasteiger partial charge on any atom is -0.462 e. The number of hydrogen-bond acceptors (Lipinski definition) is 15. The van der Waals surface area contributed by atoms with Gasteiger partial charge in [-0.1, -0.05) is 314 Å². The molecule has 19 heteroatoms. The normalized spacial score (nSPS) is 14.2. The summed E-state index contributed by atoms with van der Waals surface area (Å²) in [6.07, 6.45) is 67.0. The number of carbonyl (C=O) groups is 4. The maximum atomic E-state index is 13.1. The highest BCUT2D eigenvalue weighted by Gasteiger charge is 2.30. The summed E-state index contributed by atoms with van der Waals surface area (Å²) in [4.78, 5) is 72.7. The zero-order valence-electron chi connectivity index (χ0n) is 62.9. The number of unbranched alkanes of at least 4 members (excludes halogenated alkanes) is 41. The lowest BCUT2D eigenvalue weighted by molar-refractivity contribution is -0.161. The maximum absolute atomic E-state index is 13.1. The van der Waals surface area contributed by atoms with Crippen LogP contribution in [0.1, 0.15) is 369 Å². The summed E-state index contributed by atoms with van der Waals surface area (Å²) in [5.74, 6) is -1.36. The average molecular weight is 1430 g/mol. The van der Waals surface area contributed by atoms with Gasteiger partial charge in [0, 0.05) is 25.7 Å². The van der Waals surface area contributed by atoms with Crippen LogP contribution in [0.2, 0.25) is 0 Å². The fourth-order valence-electron chi connectivity index (χ4n) is 11.2. The third kappa shape index (κ3) is 71.4. The maximum Gasteiger partial charge on any atom is 0.472 e. The van der Waals surface area contributed by atoms with Crippen molar-refractivity contribution < 1.29 is 80.2 Å². The fourth-order valence-corrected chi connectivity index (χ4v) is 12.7. The summed E-state index contributed by atoms with van der Waals surface area (Å²) >= 11 is 0. The molecule has 0 aromatic carbocycles. The van der Waals surface area contributed by atoms with Crippen LogP contribution < -0.4 is 0 Å². The first-order chi connectivity index (χ1) is 47.5. The second-order valence-electron chi connectivity index (χ2n) is 27.6. The van der Waals surface area contributed by atoms with Gasteiger partial charge in [0.1, 0.15) is 19.3 Å². The molecule has 0 aliphatic carbocycles. The van der Waals surface area contributed by atoms with Gasteiger partial charge in [0.05, 0.1) is 26.4 Å². The zero-order valence-corrected chi connectivity index (χ0v) is 64.7. The van der Waals surface area contributed by atoms with Crippen molar-refractivity contribution in [2.75, 3.05) is 39.6 Å². The molecular weight excluding hydrogens is 1280 g/mol. The zero-order chi connectivity index (χ0) is 71.9. The average Bonchev–Trinajstić information content (AvgIpc) is 1.03. The van der Waals surface area contributed by atoms with E-state index in [4.69, 9.17) is 37.0 Å². The number of aliphatic hydroxyl groups excluding tert-OH is 1. The third-order valence-corrected chi connectivity index (χ3v) is 19.2. The van der Waals surface area contributed by atoms with Gasteiger partial charge >= 0.3 is 39.5 Å². The van der Waals surface area contributed by atoms with Crippen molar-refractivity contribution in [3.05, 3.63) is 48.6 Å². The van der Waals surface area contributed by atoms with Crippen LogP contribution in [-0.4, -0.2) is 96.7 Å². The molecule has 5 atom stereocenters. The van der Waals surface area contributed by atoms with E-state index < -0.39 is 97.5 Å². The van der Waals surface area contributed by atoms with Crippen LogP contribution in [0, 0.1) is 5.92 Å². The fraction of sp³-hybridized carbons (Fsp3) is 0.848. The number of allylic oxidation sites excluding steroid dienone is 8. The number of esters is 4. The summed E-state index contributed by atoms with van der Waals surface area (Å²) in [5.41, 5.74) is 0. The van der Waals surface area contributed by atoms with Gasteiger partial charge < -0.3 is 33.8 Å². The van der Waals surface area contributed by atoms with Crippen molar-refractivity contribution in [1.29, 1.82) is 0 Å². The van der Waals surface area contributed by atoms with Crippen molar-refractivity contribution in [3.63, 3.8) is 0 Å². The van der Waals surface area contributed by atoms with Gasteiger partial charge in [-0.25, -0.2) is 9.13 Å². The Hall–Kier alpha value is -2.98. The summed E-state index contributed by atoms with van der Waals surface area (Å²) in [6, 6.07) is 0. The second kappa shape index (κ2) is 71.0. The summed E-state index contributed by atoms with van der Waals surface area (Å²) in [5, 5.41) is 10.6. The first-order valence-electron chi connectivity index (χ1n) is 39.8. The predicted octanol–water partition coefficient (Wildman–Crippen LogP) is 22.8. The van der Waals surface area contributed by atoms with Crippen LogP contribution in [0.3, 0.4) is 0 Å². The van der Waals surface area contributed by atoms with Crippen LogP contribution in [-0.2, 0) is 65.4 Å². The largest absolute Gasteiger partial charge is 0.472 e. The van der Waals surface area contributed by atoms with Crippen molar-refractivity contribution in [1.82, 2.24) is 0 Å². The first kappa shape index (κ1) is 95.0. The highest BCUT2D eigenvalue weighted by Crippen LogP contribution is 2.45. The molecule has 0 heterocycles. The highest BCUT2D eigenvalue weighted by atomic mass is 31.2. The van der Waals surface area contributed by atoms with Crippen LogP contribution in [0.25, 0.3) is 0 Å². The Bertz CT molecular complexity index is 2060. The molecule has 0 aromatic rings. The molecule has 0 aliphatic rings. The number of phosphoric acid groups is 2. The first-order valence-corrected chi connectivity index (χ1v) is 42.8. The Labute approximate surface area is 597 Å². The van der Waals surface area contributed by atoms with Crippen LogP contribution in [0.15, 0.2) is 48.6 Å². The lowest BCUT2D eigenvalue weighted by Gasteiger charge is -2.21. The molecule has 0 fully saturated rings. The minimum absolute atomic E-state index is 0.0825. The predicted molar refractivity (Wildman–Crippen MR) is 400 cm³/mol. The Kier molecular flexibility index (Phi) is 68.9. The number of hydrogen-bond donors (Lipinski definition) is 3. The van der Waals surface area contributed by atoms with E-state index in [-0.39, 0.29) is 25.7 Å². The van der Waals surface area contributed by atoms with Crippen molar-refractivity contribution in [2.45, 2.75) is 387 Å². The Morgan fingerprint density at radius 1 is 0.316 bits per heavy atom. The molecule has 0 rings (SSSR count). The molecule has 2 unspecified atom stereocenters. The van der Waals surface area contributed by atoms with E-state index >= 15 is 0 Å². The van der Waals surface area contributed by atoms with E-state index in [2.05, 4.69) is 83.2 Å². The van der Waals surface area contributed by atoms with E-state index in [0.717, 1.165) is 141 Å². The summed E-state index contributed by atoms with van der Waals surface area (Å²) in [7, 11) is -9.93. The molecular formula is C79H146O17P2. The standard InChI is InChI=1S/C79H146O17P2/c1-6-9-12-15-18-20-22-24-30-35-39-43-48-53-58-63-77(82)90-69-75(96-79(84)65-60-55-50-45-41-37-33-29-27-26-28-32-34-38-42-47-51-56-61-72(4)5)71-94-98(87,88)92-67-73(80)66-91-97(85,86)93-70-74(68-89-76(81)62-57-52-46-17-14-11-8-3)95-78(83)64-59-54-49-44-40-36-31-25-23-21-19-16-13-10-7-2/h20-25,30-31,72-75,80H,6-19,26-29,32-71H2,1-5H3,(H,85,86)(H,87,88)/b22-20-,23-21-,30-24-,31-25-/t73-,74+,75+/m0/s1. The second-order valence-corrected chi connectivity index (χ2v) is 30.5. The molecule has 0 amide bonds. The lowest BCUT2D eigenvalue weighted by atomic mass is 10.0. The van der Waals surface area contributed by atoms with Crippen LogP contribution >= 0.6 is 15.6 Å². The van der Waals surface area contributed by atoms with Gasteiger partial charge in [-0.3, -0.25) is 37.3 Å². The Balaban J connectivity index is 5.23. The van der Waals surface area contributed by atoms with Gasteiger partial charge in [0.15, 0.2) is 12.2 Å². The Morgan fingerprint density at radius 2 is 0.551 bits per heavy atom. The number of aliphatic hydroxyl groups is 1. The molecule has 0 radical (unpaired) electrons. The summed E-state index contributed by atoms with van der Waals surface area (Å²) < 4.78 is 68.4. The number of phosphoric ester groups is 2. The van der Waals surface area contributed by atoms with Gasteiger partial charge in [-0.2, -0.15) is 0 Å². The van der Waals surface area contributed by atoms with Crippen molar-refractivity contribution in [3.8, 4) is 0 Å². The molecule has 0 saturated carbocycles. The molecule has 17 nitrogen and oxygen atoms in total. The van der Waals surface area contributed by atoms with E-state index in [1.54, 1.807) is 0 Å². The molecule has 0 aliphatic heterocycles. The molecule has 0 saturated heterocycles. The molecule has 0 spiro atoms. The topological polar surface area (TPSA) is 237 Å². The molecule has 98 heavy (non-hydrogen) atoms. The lowest BCUT2D eigenvalue weighted by Crippen LogP contribution is -2.30. The van der Waals surface area contributed by atoms with E-state index in [1.807, 2.05) is 0 Å². The van der Waals surface area contributed by atoms with Crippen molar-refractivity contribution >= 4 is 39.5 Å². The van der Waals surface area contributed by atoms with Gasteiger partial charge in [-0.15, -0.1) is 0 Å². The van der Waals surface area contributed by atoms with Gasteiger partial charge in [-0.05, 0) is 83.0 Å². The quantitative estimate of drug-likeness (QED) is 0.0169. The summed E-state index contributed by atoms with van der Waals surface area (Å²) in [6.45, 7) is 7.17. The van der Waals surface area contributed by atoms with E-state index in [9.17, 15) is 43.2 Å². The number of ether oxygens (including phenoxy) is 4. The van der Waals surface area contributed by atoms with Gasteiger partial charge in [0.25, 0.3) is 0 Å². The molecule has 0 aromatic heterocycles. The SMILES string of the molecule is CCCCCC/C=C\C=C/CCCCCCCC(=O)OC[C@H](COP(=O)(O)OC[C@@H](O)COP(=O)(O)OC[C@@H](COC(=O)CCCCCCCCC)OC(=O)CCCCCCC/C=C\C=C/CCCCCC)OC(=O)CCCCCCCCCCCCCCCCCCCCC(C)C. The van der Waals surface area contributed by atoms with Crippen LogP contribution in [0.5, 0.6) is 0 Å². The molecule has 3 N–H and O–H groups in total. The Morgan fingerprint density at radius 3 is 0.837 bits per heavy atom. The van der Waals surface area contributed by atoms with Crippen LogP contribution in [0.4, 0.5) is 0 Å². The monoisotopic (exact) mass is 1430 g/mol. The van der Waals surface area contributed by atoms with E-state index in [1.165, 1.54) is 148 Å². The molecule has 0 bridgehead atoms.